The van der Waals surface area contributed by atoms with E-state index in [0.29, 0.717) is 19.0 Å². The number of hydrogen-bond donors (Lipinski definition) is 0. The Hall–Kier alpha value is -2.56. The van der Waals surface area contributed by atoms with Crippen molar-refractivity contribution in [1.29, 1.82) is 0 Å². The van der Waals surface area contributed by atoms with Gasteiger partial charge in [0.2, 0.25) is 5.88 Å². The number of aliphatic imine (C=N–C) groups is 1. The maximum Gasteiger partial charge on any atom is 0.218 e. The van der Waals surface area contributed by atoms with E-state index in [1.807, 2.05) is 80.5 Å². The predicted molar refractivity (Wildman–Crippen MR) is 93.5 cm³/mol. The minimum absolute atomic E-state index is 0.503. The van der Waals surface area contributed by atoms with E-state index in [4.69, 9.17) is 4.74 Å². The molecule has 0 unspecified atom stereocenters. The van der Waals surface area contributed by atoms with Crippen LogP contribution < -0.4 is 4.74 Å². The van der Waals surface area contributed by atoms with Crippen LogP contribution in [0.1, 0.15) is 11.1 Å². The molecule has 0 radical (unpaired) electrons. The lowest BCUT2D eigenvalue weighted by atomic mass is 10.2. The van der Waals surface area contributed by atoms with E-state index in [9.17, 15) is 0 Å². The third-order valence-corrected chi connectivity index (χ3v) is 3.26. The summed E-state index contributed by atoms with van der Waals surface area (Å²) in [5, 5.41) is 0. The van der Waals surface area contributed by atoms with E-state index in [0.717, 1.165) is 17.1 Å². The summed E-state index contributed by atoms with van der Waals surface area (Å²) in [5.74, 6) is 1.54. The van der Waals surface area contributed by atoms with E-state index in [-0.39, 0.29) is 0 Å². The molecule has 2 rings (SSSR count). The molecule has 0 aliphatic rings. The summed E-state index contributed by atoms with van der Waals surface area (Å²) in [6.45, 7) is 1.03. The lowest BCUT2D eigenvalue weighted by Gasteiger charge is -2.22. The number of pyridine rings is 1. The summed E-state index contributed by atoms with van der Waals surface area (Å²) < 4.78 is 5.87. The molecule has 1 aromatic carbocycles. The van der Waals surface area contributed by atoms with E-state index in [2.05, 4.69) is 9.98 Å². The fraction of sp³-hybridized carbons (Fsp3) is 0.333. The second-order valence-corrected chi connectivity index (χ2v) is 5.65. The summed E-state index contributed by atoms with van der Waals surface area (Å²) in [7, 11) is 7.92. The molecule has 0 atom stereocenters. The second-order valence-electron chi connectivity index (χ2n) is 5.65. The Balaban J connectivity index is 2.09. The summed E-state index contributed by atoms with van der Waals surface area (Å²) >= 11 is 0. The van der Waals surface area contributed by atoms with E-state index >= 15 is 0 Å². The Morgan fingerprint density at radius 1 is 1.00 bits per heavy atom. The fourth-order valence-electron chi connectivity index (χ4n) is 2.24. The van der Waals surface area contributed by atoms with Gasteiger partial charge < -0.3 is 14.5 Å². The third kappa shape index (κ3) is 4.98. The van der Waals surface area contributed by atoms with Crippen molar-refractivity contribution in [3.63, 3.8) is 0 Å². The fourth-order valence-corrected chi connectivity index (χ4v) is 2.24. The summed E-state index contributed by atoms with van der Waals surface area (Å²) in [4.78, 5) is 13.0. The van der Waals surface area contributed by atoms with Crippen LogP contribution in [-0.2, 0) is 13.2 Å². The van der Waals surface area contributed by atoms with Crippen molar-refractivity contribution < 1.29 is 4.74 Å². The highest BCUT2D eigenvalue weighted by Crippen LogP contribution is 2.17. The van der Waals surface area contributed by atoms with Gasteiger partial charge in [-0.3, -0.25) is 0 Å². The predicted octanol–water partition coefficient (Wildman–Crippen LogP) is 2.64. The van der Waals surface area contributed by atoms with Crippen molar-refractivity contribution in [3.8, 4) is 5.88 Å². The highest BCUT2D eigenvalue weighted by Gasteiger charge is 2.08. The zero-order valence-corrected chi connectivity index (χ0v) is 14.2. The monoisotopic (exact) mass is 312 g/mol. The molecule has 5 nitrogen and oxygen atoms in total. The lowest BCUT2D eigenvalue weighted by Crippen LogP contribution is -2.35. The van der Waals surface area contributed by atoms with Gasteiger partial charge in [0.1, 0.15) is 6.61 Å². The van der Waals surface area contributed by atoms with Crippen molar-refractivity contribution in [2.24, 2.45) is 4.99 Å². The van der Waals surface area contributed by atoms with Crippen molar-refractivity contribution in [2.75, 3.05) is 28.2 Å². The largest absolute Gasteiger partial charge is 0.473 e. The molecule has 0 saturated heterocycles. The van der Waals surface area contributed by atoms with Crippen molar-refractivity contribution in [3.05, 3.63) is 59.8 Å². The topological polar surface area (TPSA) is 41.0 Å². The number of guanidine groups is 1. The lowest BCUT2D eigenvalue weighted by molar-refractivity contribution is 0.290. The summed E-state index contributed by atoms with van der Waals surface area (Å²) in [6, 6.07) is 14.0. The molecule has 2 aromatic rings. The van der Waals surface area contributed by atoms with Crippen LogP contribution in [0.3, 0.4) is 0 Å². The molecule has 1 aromatic heterocycles. The van der Waals surface area contributed by atoms with Crippen LogP contribution in [0, 0.1) is 0 Å². The van der Waals surface area contributed by atoms with Gasteiger partial charge in [0, 0.05) is 40.0 Å². The average molecular weight is 312 g/mol. The van der Waals surface area contributed by atoms with E-state index < -0.39 is 0 Å². The first kappa shape index (κ1) is 16.8. The molecule has 0 fully saturated rings. The maximum atomic E-state index is 5.87. The molecule has 1 heterocycles. The molecule has 5 heteroatoms. The van der Waals surface area contributed by atoms with Gasteiger partial charge in [-0.15, -0.1) is 0 Å². The van der Waals surface area contributed by atoms with Crippen LogP contribution in [0.4, 0.5) is 0 Å². The van der Waals surface area contributed by atoms with Crippen LogP contribution in [0.15, 0.2) is 53.7 Å². The summed E-state index contributed by atoms with van der Waals surface area (Å²) in [5.41, 5.74) is 2.10. The molecule has 0 saturated carbocycles. The first-order valence-electron chi connectivity index (χ1n) is 7.57. The minimum Gasteiger partial charge on any atom is -0.473 e. The quantitative estimate of drug-likeness (QED) is 0.629. The average Bonchev–Trinajstić information content (AvgIpc) is 2.54. The van der Waals surface area contributed by atoms with Gasteiger partial charge in [-0.05, 0) is 11.6 Å². The van der Waals surface area contributed by atoms with Gasteiger partial charge in [0.05, 0.1) is 6.54 Å². The zero-order chi connectivity index (χ0) is 16.7. The van der Waals surface area contributed by atoms with Crippen LogP contribution in [0.5, 0.6) is 5.88 Å². The highest BCUT2D eigenvalue weighted by molar-refractivity contribution is 5.79. The molecule has 0 bridgehead atoms. The van der Waals surface area contributed by atoms with Gasteiger partial charge >= 0.3 is 0 Å². The maximum absolute atomic E-state index is 5.87. The van der Waals surface area contributed by atoms with Gasteiger partial charge in [0.15, 0.2) is 5.96 Å². The number of ether oxygens (including phenoxy) is 1. The molecular weight excluding hydrogens is 288 g/mol. The standard InChI is InChI=1S/C18H24N4O/c1-21(2)18(22(3)4)20-13-16-11-8-12-19-17(16)23-14-15-9-6-5-7-10-15/h5-12H,13-14H2,1-4H3. The number of aromatic nitrogens is 1. The van der Waals surface area contributed by atoms with Crippen LogP contribution in [0.25, 0.3) is 0 Å². The highest BCUT2D eigenvalue weighted by atomic mass is 16.5. The first-order valence-corrected chi connectivity index (χ1v) is 7.57. The zero-order valence-electron chi connectivity index (χ0n) is 14.2. The van der Waals surface area contributed by atoms with Crippen LogP contribution in [0.2, 0.25) is 0 Å². The number of nitrogens with zero attached hydrogens (tertiary/aromatic N) is 4. The molecule has 122 valence electrons. The van der Waals surface area contributed by atoms with E-state index in [1.165, 1.54) is 0 Å². The van der Waals surface area contributed by atoms with Gasteiger partial charge in [-0.25, -0.2) is 9.98 Å². The SMILES string of the molecule is CN(C)C(=NCc1cccnc1OCc1ccccc1)N(C)C. The number of rotatable bonds is 5. The second kappa shape index (κ2) is 8.17. The van der Waals surface area contributed by atoms with Crippen LogP contribution in [-0.4, -0.2) is 48.9 Å². The molecule has 0 N–H and O–H groups in total. The van der Waals surface area contributed by atoms with Crippen molar-refractivity contribution in [2.45, 2.75) is 13.2 Å². The molecule has 0 aliphatic carbocycles. The van der Waals surface area contributed by atoms with Gasteiger partial charge in [-0.1, -0.05) is 36.4 Å². The molecule has 0 amide bonds. The Labute approximate surface area is 138 Å². The normalized spacial score (nSPS) is 10.1. The molecular formula is C18H24N4O. The Morgan fingerprint density at radius 3 is 2.35 bits per heavy atom. The molecule has 23 heavy (non-hydrogen) atoms. The molecule has 0 aliphatic heterocycles. The smallest absolute Gasteiger partial charge is 0.218 e. The Kier molecular flexibility index (Phi) is 5.97. The van der Waals surface area contributed by atoms with Crippen LogP contribution >= 0.6 is 0 Å². The van der Waals surface area contributed by atoms with Gasteiger partial charge in [0.25, 0.3) is 0 Å². The minimum atomic E-state index is 0.503. The van der Waals surface area contributed by atoms with Gasteiger partial charge in [-0.2, -0.15) is 0 Å². The number of benzene rings is 1. The van der Waals surface area contributed by atoms with E-state index in [1.54, 1.807) is 6.20 Å². The number of hydrogen-bond acceptors (Lipinski definition) is 3. The molecule has 0 spiro atoms. The third-order valence-electron chi connectivity index (χ3n) is 3.26. The first-order chi connectivity index (χ1) is 11.1. The Morgan fingerprint density at radius 2 is 1.70 bits per heavy atom. The van der Waals surface area contributed by atoms with Crippen molar-refractivity contribution >= 4 is 5.96 Å². The van der Waals surface area contributed by atoms with Crippen molar-refractivity contribution in [1.82, 2.24) is 14.8 Å². The summed E-state index contributed by atoms with van der Waals surface area (Å²) in [6.07, 6.45) is 1.74. The Bertz CT molecular complexity index is 628.